The van der Waals surface area contributed by atoms with Crippen LogP contribution in [0.2, 0.25) is 0 Å². The Kier molecular flexibility index (Phi) is 6.20. The summed E-state index contributed by atoms with van der Waals surface area (Å²) in [5, 5.41) is 0. The van der Waals surface area contributed by atoms with E-state index in [9.17, 15) is 9.59 Å². The second-order valence-corrected chi connectivity index (χ2v) is 6.39. The van der Waals surface area contributed by atoms with E-state index in [0.717, 1.165) is 12.8 Å². The van der Waals surface area contributed by atoms with Crippen LogP contribution in [0.5, 0.6) is 0 Å². The molecule has 0 saturated heterocycles. The van der Waals surface area contributed by atoms with Crippen molar-refractivity contribution in [2.75, 3.05) is 13.2 Å². The van der Waals surface area contributed by atoms with E-state index in [1.807, 2.05) is 32.0 Å². The highest BCUT2D eigenvalue weighted by Gasteiger charge is 2.40. The summed E-state index contributed by atoms with van der Waals surface area (Å²) in [7, 11) is 0. The molecule has 0 heterocycles. The maximum Gasteiger partial charge on any atom is 0.338 e. The smallest absolute Gasteiger partial charge is 0.338 e. The third-order valence-electron chi connectivity index (χ3n) is 4.95. The van der Waals surface area contributed by atoms with Crippen molar-refractivity contribution in [2.45, 2.75) is 33.6 Å². The SMILES string of the molecule is CCOC(=O)[C@H](C)[C@H]1CC[C@H](C)[C@H]1COC(=O)c1ccccc1. The molecule has 4 nitrogen and oxygen atoms in total. The van der Waals surface area contributed by atoms with Crippen LogP contribution in [0.25, 0.3) is 0 Å². The Balaban J connectivity index is 1.96. The minimum atomic E-state index is -0.299. The summed E-state index contributed by atoms with van der Waals surface area (Å²) in [6.45, 7) is 6.68. The standard InChI is InChI=1S/C19H26O4/c1-4-22-18(20)14(3)16-11-10-13(2)17(16)12-23-19(21)15-8-6-5-7-9-15/h5-9,13-14,16-17H,4,10-12H2,1-3H3/t13-,14+,16+,17+/m0/s1. The van der Waals surface area contributed by atoms with Crippen LogP contribution >= 0.6 is 0 Å². The molecule has 23 heavy (non-hydrogen) atoms. The lowest BCUT2D eigenvalue weighted by molar-refractivity contribution is -0.150. The first-order chi connectivity index (χ1) is 11.0. The second kappa shape index (κ2) is 8.14. The second-order valence-electron chi connectivity index (χ2n) is 6.39. The molecule has 0 aromatic heterocycles. The molecule has 126 valence electrons. The van der Waals surface area contributed by atoms with Gasteiger partial charge in [-0.25, -0.2) is 4.79 Å². The van der Waals surface area contributed by atoms with Gasteiger partial charge in [-0.05, 0) is 43.2 Å². The van der Waals surface area contributed by atoms with Gasteiger partial charge in [-0.3, -0.25) is 4.79 Å². The predicted molar refractivity (Wildman–Crippen MR) is 87.9 cm³/mol. The van der Waals surface area contributed by atoms with Gasteiger partial charge in [0.1, 0.15) is 0 Å². The highest BCUT2D eigenvalue weighted by molar-refractivity contribution is 5.89. The number of carbonyl (C=O) groups excluding carboxylic acids is 2. The van der Waals surface area contributed by atoms with Crippen molar-refractivity contribution in [1.82, 2.24) is 0 Å². The van der Waals surface area contributed by atoms with Crippen molar-refractivity contribution in [3.05, 3.63) is 35.9 Å². The van der Waals surface area contributed by atoms with Crippen LogP contribution in [-0.2, 0) is 14.3 Å². The van der Waals surface area contributed by atoms with Gasteiger partial charge in [-0.1, -0.05) is 38.5 Å². The molecule has 0 N–H and O–H groups in total. The normalized spacial score (nSPS) is 24.9. The van der Waals surface area contributed by atoms with E-state index < -0.39 is 0 Å². The van der Waals surface area contributed by atoms with Crippen LogP contribution in [0.4, 0.5) is 0 Å². The van der Waals surface area contributed by atoms with Crippen molar-refractivity contribution in [1.29, 1.82) is 0 Å². The number of ether oxygens (including phenoxy) is 2. The molecule has 0 bridgehead atoms. The van der Waals surface area contributed by atoms with E-state index >= 15 is 0 Å². The molecule has 0 unspecified atom stereocenters. The number of rotatable bonds is 6. The monoisotopic (exact) mass is 318 g/mol. The summed E-state index contributed by atoms with van der Waals surface area (Å²) >= 11 is 0. The first-order valence-corrected chi connectivity index (χ1v) is 8.43. The molecule has 1 aliphatic rings. The maximum absolute atomic E-state index is 12.1. The molecular weight excluding hydrogens is 292 g/mol. The van der Waals surface area contributed by atoms with E-state index in [4.69, 9.17) is 9.47 Å². The molecule has 1 aromatic carbocycles. The van der Waals surface area contributed by atoms with E-state index in [0.29, 0.717) is 24.7 Å². The lowest BCUT2D eigenvalue weighted by Gasteiger charge is -2.26. The van der Waals surface area contributed by atoms with Gasteiger partial charge in [0.15, 0.2) is 0 Å². The number of benzene rings is 1. The Morgan fingerprint density at radius 1 is 1.17 bits per heavy atom. The third kappa shape index (κ3) is 4.34. The highest BCUT2D eigenvalue weighted by Crippen LogP contribution is 2.41. The van der Waals surface area contributed by atoms with Gasteiger partial charge in [0.2, 0.25) is 0 Å². The summed E-state index contributed by atoms with van der Waals surface area (Å²) in [6, 6.07) is 9.01. The minimum Gasteiger partial charge on any atom is -0.466 e. The number of hydrogen-bond donors (Lipinski definition) is 0. The zero-order chi connectivity index (χ0) is 16.8. The summed E-state index contributed by atoms with van der Waals surface area (Å²) in [4.78, 5) is 24.1. The third-order valence-corrected chi connectivity index (χ3v) is 4.95. The van der Waals surface area contributed by atoms with Crippen molar-refractivity contribution in [3.8, 4) is 0 Å². The zero-order valence-corrected chi connectivity index (χ0v) is 14.2. The fourth-order valence-corrected chi connectivity index (χ4v) is 3.49. The van der Waals surface area contributed by atoms with Crippen molar-refractivity contribution >= 4 is 11.9 Å². The van der Waals surface area contributed by atoms with E-state index in [1.165, 1.54) is 0 Å². The highest BCUT2D eigenvalue weighted by atomic mass is 16.5. The Bertz CT molecular complexity index is 525. The van der Waals surface area contributed by atoms with Gasteiger partial charge in [0.25, 0.3) is 0 Å². The molecule has 1 fully saturated rings. The molecule has 0 radical (unpaired) electrons. The van der Waals surface area contributed by atoms with Crippen LogP contribution in [0.1, 0.15) is 44.0 Å². The van der Waals surface area contributed by atoms with Gasteiger partial charge in [-0.2, -0.15) is 0 Å². The lowest BCUT2D eigenvalue weighted by atomic mass is 9.82. The number of carbonyl (C=O) groups is 2. The fourth-order valence-electron chi connectivity index (χ4n) is 3.49. The Morgan fingerprint density at radius 2 is 1.87 bits per heavy atom. The molecule has 1 aliphatic carbocycles. The van der Waals surface area contributed by atoms with Gasteiger partial charge in [-0.15, -0.1) is 0 Å². The average molecular weight is 318 g/mol. The van der Waals surface area contributed by atoms with Crippen LogP contribution in [-0.4, -0.2) is 25.2 Å². The fraction of sp³-hybridized carbons (Fsp3) is 0.579. The largest absolute Gasteiger partial charge is 0.466 e. The van der Waals surface area contributed by atoms with E-state index in [1.54, 1.807) is 12.1 Å². The topological polar surface area (TPSA) is 52.6 Å². The van der Waals surface area contributed by atoms with Crippen LogP contribution in [0.3, 0.4) is 0 Å². The summed E-state index contributed by atoms with van der Waals surface area (Å²) in [6.07, 6.45) is 2.04. The van der Waals surface area contributed by atoms with Crippen LogP contribution in [0, 0.1) is 23.7 Å². The van der Waals surface area contributed by atoms with Gasteiger partial charge in [0.05, 0.1) is 24.7 Å². The summed E-state index contributed by atoms with van der Waals surface area (Å²) < 4.78 is 10.7. The first-order valence-electron chi connectivity index (χ1n) is 8.43. The van der Waals surface area contributed by atoms with E-state index in [-0.39, 0.29) is 29.7 Å². The number of hydrogen-bond acceptors (Lipinski definition) is 4. The summed E-state index contributed by atoms with van der Waals surface area (Å²) in [5.74, 6) is 0.272. The molecule has 1 aromatic rings. The van der Waals surface area contributed by atoms with Gasteiger partial charge >= 0.3 is 11.9 Å². The van der Waals surface area contributed by atoms with Crippen LogP contribution in [0.15, 0.2) is 30.3 Å². The van der Waals surface area contributed by atoms with Crippen molar-refractivity contribution in [2.24, 2.45) is 23.7 Å². The minimum absolute atomic E-state index is 0.147. The molecule has 4 heteroatoms. The van der Waals surface area contributed by atoms with Gasteiger partial charge < -0.3 is 9.47 Å². The first kappa shape index (κ1) is 17.5. The van der Waals surface area contributed by atoms with Crippen LogP contribution < -0.4 is 0 Å². The maximum atomic E-state index is 12.1. The molecule has 1 saturated carbocycles. The molecule has 0 aliphatic heterocycles. The Morgan fingerprint density at radius 3 is 2.52 bits per heavy atom. The number of esters is 2. The Hall–Kier alpha value is -1.84. The molecule has 2 rings (SSSR count). The van der Waals surface area contributed by atoms with E-state index in [2.05, 4.69) is 6.92 Å². The quantitative estimate of drug-likeness (QED) is 0.750. The lowest BCUT2D eigenvalue weighted by Crippen LogP contribution is -2.30. The van der Waals surface area contributed by atoms with Gasteiger partial charge in [0, 0.05) is 0 Å². The predicted octanol–water partition coefficient (Wildman–Crippen LogP) is 3.70. The molecule has 4 atom stereocenters. The summed E-state index contributed by atoms with van der Waals surface area (Å²) in [5.41, 5.74) is 0.563. The van der Waals surface area contributed by atoms with Crippen molar-refractivity contribution < 1.29 is 19.1 Å². The zero-order valence-electron chi connectivity index (χ0n) is 14.2. The molecular formula is C19H26O4. The molecule has 0 amide bonds. The average Bonchev–Trinajstić information content (AvgIpc) is 2.93. The van der Waals surface area contributed by atoms with Crippen molar-refractivity contribution in [3.63, 3.8) is 0 Å². The molecule has 0 spiro atoms. The Labute approximate surface area is 138 Å².